The smallest absolute Gasteiger partial charge is 0.235 e. The first-order valence-electron chi connectivity index (χ1n) is 7.51. The number of benzene rings is 1. The number of carbonyl (C=O) groups excluding carboxylic acids is 1. The van der Waals surface area contributed by atoms with Crippen LogP contribution >= 0.6 is 0 Å². The maximum Gasteiger partial charge on any atom is 0.235 e. The van der Waals surface area contributed by atoms with Crippen molar-refractivity contribution in [3.63, 3.8) is 0 Å². The Labute approximate surface area is 132 Å². The molecule has 4 nitrogen and oxygen atoms in total. The summed E-state index contributed by atoms with van der Waals surface area (Å²) in [5.74, 6) is -0.360. The van der Waals surface area contributed by atoms with Gasteiger partial charge in [0.1, 0.15) is 5.25 Å². The quantitative estimate of drug-likeness (QED) is 0.873. The third-order valence-electron chi connectivity index (χ3n) is 3.99. The summed E-state index contributed by atoms with van der Waals surface area (Å²) in [4.78, 5) is 12.1. The summed E-state index contributed by atoms with van der Waals surface area (Å²) < 4.78 is 30.8. The number of hydrogen-bond donors (Lipinski definition) is 1. The molecular weight excluding hydrogens is 305 g/mol. The van der Waals surface area contributed by atoms with Crippen LogP contribution < -0.4 is 10.1 Å². The number of halogens is 1. The monoisotopic (exact) mass is 327 g/mol. The van der Waals surface area contributed by atoms with Crippen molar-refractivity contribution in [2.45, 2.75) is 49.7 Å². The predicted octanol–water partition coefficient (Wildman–Crippen LogP) is 2.53. The van der Waals surface area contributed by atoms with Gasteiger partial charge < -0.3 is 10.1 Å². The van der Waals surface area contributed by atoms with Gasteiger partial charge in [-0.3, -0.25) is 9.00 Å². The molecule has 1 N–H and O–H groups in total. The van der Waals surface area contributed by atoms with Crippen LogP contribution in [-0.2, 0) is 21.3 Å². The molecule has 0 unspecified atom stereocenters. The van der Waals surface area contributed by atoms with Gasteiger partial charge in [-0.1, -0.05) is 18.9 Å². The van der Waals surface area contributed by atoms with E-state index in [0.29, 0.717) is 5.56 Å². The molecule has 0 radical (unpaired) electrons. The summed E-state index contributed by atoms with van der Waals surface area (Å²) >= 11 is 0. The van der Waals surface area contributed by atoms with E-state index in [9.17, 15) is 13.4 Å². The number of rotatable bonds is 6. The van der Waals surface area contributed by atoms with E-state index in [1.54, 1.807) is 13.0 Å². The average molecular weight is 327 g/mol. The van der Waals surface area contributed by atoms with Crippen LogP contribution in [0.25, 0.3) is 0 Å². The maximum atomic E-state index is 13.6. The SMILES string of the molecule is COc1ccc(C[S@@](=O)[C@H](C)C(=O)NC2CCCC2)cc1F. The van der Waals surface area contributed by atoms with Gasteiger partial charge in [-0.2, -0.15) is 0 Å². The van der Waals surface area contributed by atoms with Crippen molar-refractivity contribution in [2.75, 3.05) is 7.11 Å². The molecule has 1 amide bonds. The van der Waals surface area contributed by atoms with Crippen LogP contribution in [0.5, 0.6) is 5.75 Å². The lowest BCUT2D eigenvalue weighted by Crippen LogP contribution is -2.40. The van der Waals surface area contributed by atoms with Crippen LogP contribution in [0, 0.1) is 5.82 Å². The van der Waals surface area contributed by atoms with E-state index in [1.807, 2.05) is 0 Å². The zero-order chi connectivity index (χ0) is 16.1. The Morgan fingerprint density at radius 2 is 2.14 bits per heavy atom. The van der Waals surface area contributed by atoms with Crippen LogP contribution in [0.3, 0.4) is 0 Å². The van der Waals surface area contributed by atoms with Crippen LogP contribution in [0.1, 0.15) is 38.2 Å². The van der Waals surface area contributed by atoms with Gasteiger partial charge in [-0.25, -0.2) is 4.39 Å². The van der Waals surface area contributed by atoms with Crippen molar-refractivity contribution in [1.82, 2.24) is 5.32 Å². The summed E-state index contributed by atoms with van der Waals surface area (Å²) in [7, 11) is 0.0123. The number of methoxy groups -OCH3 is 1. The Morgan fingerprint density at radius 3 is 2.73 bits per heavy atom. The van der Waals surface area contributed by atoms with Gasteiger partial charge in [0.15, 0.2) is 11.6 Å². The molecule has 2 atom stereocenters. The summed E-state index contributed by atoms with van der Waals surface area (Å²) in [6, 6.07) is 4.69. The lowest BCUT2D eigenvalue weighted by Gasteiger charge is -2.16. The Balaban J connectivity index is 1.92. The zero-order valence-electron chi connectivity index (χ0n) is 12.9. The minimum Gasteiger partial charge on any atom is -0.494 e. The molecule has 0 spiro atoms. The second-order valence-electron chi connectivity index (χ2n) is 5.63. The van der Waals surface area contributed by atoms with E-state index in [-0.39, 0.29) is 23.5 Å². The summed E-state index contributed by atoms with van der Waals surface area (Å²) in [6.07, 6.45) is 4.25. The molecule has 1 aromatic carbocycles. The van der Waals surface area contributed by atoms with E-state index < -0.39 is 21.9 Å². The first kappa shape index (κ1) is 16.9. The highest BCUT2D eigenvalue weighted by molar-refractivity contribution is 7.85. The molecule has 0 aliphatic heterocycles. The fourth-order valence-corrected chi connectivity index (χ4v) is 3.66. The third kappa shape index (κ3) is 4.29. The van der Waals surface area contributed by atoms with Crippen LogP contribution in [0.4, 0.5) is 4.39 Å². The fraction of sp³-hybridized carbons (Fsp3) is 0.562. The third-order valence-corrected chi connectivity index (χ3v) is 5.61. The lowest BCUT2D eigenvalue weighted by molar-refractivity contribution is -0.121. The van der Waals surface area contributed by atoms with Crippen molar-refractivity contribution in [3.05, 3.63) is 29.6 Å². The van der Waals surface area contributed by atoms with Crippen LogP contribution in [-0.4, -0.2) is 28.5 Å². The minimum atomic E-state index is -1.38. The van der Waals surface area contributed by atoms with E-state index >= 15 is 0 Å². The van der Waals surface area contributed by atoms with Gasteiger partial charge in [0, 0.05) is 22.6 Å². The van der Waals surface area contributed by atoms with E-state index in [2.05, 4.69) is 5.32 Å². The molecule has 0 saturated heterocycles. The molecule has 0 bridgehead atoms. The molecule has 0 heterocycles. The fourth-order valence-electron chi connectivity index (χ4n) is 2.60. The zero-order valence-corrected chi connectivity index (χ0v) is 13.7. The standard InChI is InChI=1S/C16H22FNO3S/c1-11(16(19)18-13-5-3-4-6-13)22(20)10-12-7-8-15(21-2)14(17)9-12/h7-9,11,13H,3-6,10H2,1-2H3,(H,18,19)/t11-,22-/m1/s1. The predicted molar refractivity (Wildman–Crippen MR) is 84.7 cm³/mol. The van der Waals surface area contributed by atoms with Gasteiger partial charge in [-0.15, -0.1) is 0 Å². The molecule has 2 rings (SSSR count). The lowest BCUT2D eigenvalue weighted by atomic mass is 10.2. The molecule has 0 aromatic heterocycles. The molecule has 1 aliphatic rings. The van der Waals surface area contributed by atoms with Crippen molar-refractivity contribution >= 4 is 16.7 Å². The summed E-state index contributed by atoms with van der Waals surface area (Å²) in [5, 5.41) is 2.34. The number of carbonyl (C=O) groups is 1. The van der Waals surface area contributed by atoms with E-state index in [4.69, 9.17) is 4.74 Å². The van der Waals surface area contributed by atoms with Crippen molar-refractivity contribution in [1.29, 1.82) is 0 Å². The van der Waals surface area contributed by atoms with Crippen LogP contribution in [0.2, 0.25) is 0 Å². The summed E-state index contributed by atoms with van der Waals surface area (Å²) in [5.41, 5.74) is 0.595. The van der Waals surface area contributed by atoms with Gasteiger partial charge in [0.2, 0.25) is 5.91 Å². The topological polar surface area (TPSA) is 55.4 Å². The first-order valence-corrected chi connectivity index (χ1v) is 8.89. The van der Waals surface area contributed by atoms with Crippen LogP contribution in [0.15, 0.2) is 18.2 Å². The highest BCUT2D eigenvalue weighted by Gasteiger charge is 2.24. The van der Waals surface area contributed by atoms with Gasteiger partial charge in [0.25, 0.3) is 0 Å². The van der Waals surface area contributed by atoms with Gasteiger partial charge in [0.05, 0.1) is 7.11 Å². The Bertz CT molecular complexity index is 558. The van der Waals surface area contributed by atoms with Crippen molar-refractivity contribution < 1.29 is 18.1 Å². The Hall–Kier alpha value is -1.43. The molecule has 22 heavy (non-hydrogen) atoms. The van der Waals surface area contributed by atoms with E-state index in [1.165, 1.54) is 19.2 Å². The molecule has 1 aliphatic carbocycles. The second-order valence-corrected chi connectivity index (χ2v) is 7.38. The molecular formula is C16H22FNO3S. The second kappa shape index (κ2) is 7.72. The summed E-state index contributed by atoms with van der Waals surface area (Å²) in [6.45, 7) is 1.65. The molecule has 1 saturated carbocycles. The number of ether oxygens (including phenoxy) is 1. The Kier molecular flexibility index (Phi) is 5.94. The highest BCUT2D eigenvalue weighted by atomic mass is 32.2. The highest BCUT2D eigenvalue weighted by Crippen LogP contribution is 2.20. The molecule has 6 heteroatoms. The average Bonchev–Trinajstić information content (AvgIpc) is 2.99. The van der Waals surface area contributed by atoms with Gasteiger partial charge in [-0.05, 0) is 37.5 Å². The number of nitrogens with one attached hydrogen (secondary N) is 1. The first-order chi connectivity index (χ1) is 10.5. The van der Waals surface area contributed by atoms with Gasteiger partial charge >= 0.3 is 0 Å². The number of hydrogen-bond acceptors (Lipinski definition) is 3. The van der Waals surface area contributed by atoms with Crippen molar-refractivity contribution in [3.8, 4) is 5.75 Å². The number of amides is 1. The maximum absolute atomic E-state index is 13.6. The molecule has 1 aromatic rings. The largest absolute Gasteiger partial charge is 0.494 e. The molecule has 122 valence electrons. The minimum absolute atomic E-state index is 0.153. The van der Waals surface area contributed by atoms with Crippen molar-refractivity contribution in [2.24, 2.45) is 0 Å². The normalized spacial score (nSPS) is 18.0. The molecule has 1 fully saturated rings. The Morgan fingerprint density at radius 1 is 1.45 bits per heavy atom. The van der Waals surface area contributed by atoms with E-state index in [0.717, 1.165) is 25.7 Å².